The van der Waals surface area contributed by atoms with Gasteiger partial charge in [-0.1, -0.05) is 28.1 Å². The molecule has 0 bridgehead atoms. The molecule has 10 heteroatoms. The molecular weight excluding hydrogens is 585 g/mol. The molecule has 0 spiro atoms. The highest BCUT2D eigenvalue weighted by atomic mass is 79.9. The van der Waals surface area contributed by atoms with Crippen molar-refractivity contribution in [2.24, 2.45) is 0 Å². The first-order valence-electron chi connectivity index (χ1n) is 13.0. The highest BCUT2D eigenvalue weighted by Crippen LogP contribution is 2.18. The number of carboxylic acids is 1. The average molecular weight is 618 g/mol. The van der Waals surface area contributed by atoms with Crippen molar-refractivity contribution in [2.45, 2.75) is 32.3 Å². The molecule has 0 aliphatic carbocycles. The lowest BCUT2D eigenvalue weighted by molar-refractivity contribution is -0.149. The number of carboxylic acid groups (broad SMARTS) is 1. The highest BCUT2D eigenvalue weighted by molar-refractivity contribution is 9.10. The molecule has 8 nitrogen and oxygen atoms in total. The molecule has 0 aliphatic rings. The van der Waals surface area contributed by atoms with Crippen LogP contribution in [0.1, 0.15) is 25.3 Å². The van der Waals surface area contributed by atoms with E-state index in [0.29, 0.717) is 56.4 Å². The van der Waals surface area contributed by atoms with Crippen molar-refractivity contribution in [3.8, 4) is 17.2 Å². The lowest BCUT2D eigenvalue weighted by Gasteiger charge is -2.22. The first-order valence-corrected chi connectivity index (χ1v) is 13.8. The van der Waals surface area contributed by atoms with Gasteiger partial charge < -0.3 is 29.0 Å². The number of hydrogen-bond acceptors (Lipinski definition) is 6. The van der Waals surface area contributed by atoms with Gasteiger partial charge in [-0.25, -0.2) is 14.0 Å². The number of benzene rings is 3. The third kappa shape index (κ3) is 10.9. The summed E-state index contributed by atoms with van der Waals surface area (Å²) in [5.74, 6) is 0.295. The minimum atomic E-state index is -1.00. The van der Waals surface area contributed by atoms with Crippen molar-refractivity contribution in [3.63, 3.8) is 0 Å². The van der Waals surface area contributed by atoms with Crippen LogP contribution in [0.2, 0.25) is 0 Å². The molecule has 3 aromatic rings. The Morgan fingerprint density at radius 1 is 0.850 bits per heavy atom. The molecule has 0 radical (unpaired) electrons. The van der Waals surface area contributed by atoms with Crippen molar-refractivity contribution in [2.75, 3.05) is 32.9 Å². The minimum absolute atomic E-state index is 0.234. The molecule has 1 atom stereocenters. The number of hydrogen-bond donors (Lipinski definition) is 1. The van der Waals surface area contributed by atoms with Gasteiger partial charge in [0.05, 0.1) is 13.2 Å². The van der Waals surface area contributed by atoms with Crippen LogP contribution in [0, 0.1) is 5.82 Å². The molecular formula is C30H33BrFNO7. The summed E-state index contributed by atoms with van der Waals surface area (Å²) in [6.45, 7) is 3.46. The van der Waals surface area contributed by atoms with Crippen molar-refractivity contribution in [1.29, 1.82) is 0 Å². The van der Waals surface area contributed by atoms with Crippen LogP contribution in [0.15, 0.2) is 77.3 Å². The van der Waals surface area contributed by atoms with Gasteiger partial charge in [-0.15, -0.1) is 0 Å². The van der Waals surface area contributed by atoms with Gasteiger partial charge in [0.1, 0.15) is 29.7 Å². The van der Waals surface area contributed by atoms with Gasteiger partial charge in [-0.2, -0.15) is 0 Å². The molecule has 0 aromatic heterocycles. The maximum atomic E-state index is 13.1. The van der Waals surface area contributed by atoms with Crippen LogP contribution in [-0.2, 0) is 16.0 Å². The summed E-state index contributed by atoms with van der Waals surface area (Å²) in [6.07, 6.45) is 0.209. The number of amides is 1. The first-order chi connectivity index (χ1) is 19.3. The summed E-state index contributed by atoms with van der Waals surface area (Å²) in [7, 11) is 0. The first kappa shape index (κ1) is 30.9. The standard InChI is InChI=1S/C30H33BrFNO7/c1-2-37-28(29(34)35)21-22-5-11-25(12-6-22)39-20-18-33(30(36)40-27-13-7-23(31)8-14-27)17-3-4-19-38-26-15-9-24(32)10-16-26/h5-16,28H,2-4,17-21H2,1H3,(H,34,35). The van der Waals surface area contributed by atoms with Crippen LogP contribution >= 0.6 is 15.9 Å². The van der Waals surface area contributed by atoms with Gasteiger partial charge in [0.2, 0.25) is 0 Å². The topological polar surface area (TPSA) is 94.5 Å². The SMILES string of the molecule is CCOC(Cc1ccc(OCCN(CCCCOc2ccc(F)cc2)C(=O)Oc2ccc(Br)cc2)cc1)C(=O)O. The third-order valence-corrected chi connectivity index (χ3v) is 6.33. The van der Waals surface area contributed by atoms with Crippen LogP contribution in [0.4, 0.5) is 9.18 Å². The zero-order valence-corrected chi connectivity index (χ0v) is 23.8. The molecule has 214 valence electrons. The Morgan fingerprint density at radius 2 is 1.45 bits per heavy atom. The lowest BCUT2D eigenvalue weighted by atomic mass is 10.1. The fraction of sp³-hybridized carbons (Fsp3) is 0.333. The van der Waals surface area contributed by atoms with Gasteiger partial charge >= 0.3 is 12.1 Å². The molecule has 1 N–H and O–H groups in total. The second-order valence-electron chi connectivity index (χ2n) is 8.80. The van der Waals surface area contributed by atoms with E-state index in [4.69, 9.17) is 18.9 Å². The number of nitrogens with zero attached hydrogens (tertiary/aromatic N) is 1. The number of carbonyl (C=O) groups is 2. The fourth-order valence-corrected chi connectivity index (χ4v) is 3.98. The van der Waals surface area contributed by atoms with E-state index in [9.17, 15) is 19.1 Å². The van der Waals surface area contributed by atoms with Crippen LogP contribution in [0.3, 0.4) is 0 Å². The summed E-state index contributed by atoms with van der Waals surface area (Å²) in [5.41, 5.74) is 0.816. The van der Waals surface area contributed by atoms with E-state index in [0.717, 1.165) is 10.0 Å². The zero-order chi connectivity index (χ0) is 28.7. The van der Waals surface area contributed by atoms with Gasteiger partial charge in [-0.05, 0) is 86.0 Å². The van der Waals surface area contributed by atoms with E-state index in [1.165, 1.54) is 12.1 Å². The molecule has 0 aliphatic heterocycles. The van der Waals surface area contributed by atoms with E-state index in [-0.39, 0.29) is 18.8 Å². The van der Waals surface area contributed by atoms with Gasteiger partial charge in [-0.3, -0.25) is 0 Å². The Balaban J connectivity index is 1.51. The smallest absolute Gasteiger partial charge is 0.415 e. The Bertz CT molecular complexity index is 1190. The molecule has 40 heavy (non-hydrogen) atoms. The molecule has 0 saturated heterocycles. The minimum Gasteiger partial charge on any atom is -0.494 e. The Kier molecular flexibility index (Phi) is 12.7. The van der Waals surface area contributed by atoms with E-state index < -0.39 is 18.2 Å². The molecule has 0 heterocycles. The second-order valence-corrected chi connectivity index (χ2v) is 9.71. The predicted octanol–water partition coefficient (Wildman–Crippen LogP) is 6.36. The molecule has 3 rings (SSSR count). The zero-order valence-electron chi connectivity index (χ0n) is 22.3. The Morgan fingerprint density at radius 3 is 2.08 bits per heavy atom. The molecule has 0 saturated carbocycles. The van der Waals surface area contributed by atoms with Crippen LogP contribution in [-0.4, -0.2) is 61.1 Å². The average Bonchev–Trinajstić information content (AvgIpc) is 2.94. The van der Waals surface area contributed by atoms with Crippen molar-refractivity contribution < 1.29 is 38.0 Å². The number of ether oxygens (including phenoxy) is 4. The van der Waals surface area contributed by atoms with Crippen LogP contribution in [0.5, 0.6) is 17.2 Å². The second kappa shape index (κ2) is 16.5. The van der Waals surface area contributed by atoms with Crippen LogP contribution < -0.4 is 14.2 Å². The van der Waals surface area contributed by atoms with Crippen molar-refractivity contribution in [3.05, 3.63) is 88.6 Å². The quantitative estimate of drug-likeness (QED) is 0.187. The fourth-order valence-electron chi connectivity index (χ4n) is 3.72. The summed E-state index contributed by atoms with van der Waals surface area (Å²) in [6, 6.07) is 19.9. The number of rotatable bonds is 16. The van der Waals surface area contributed by atoms with Crippen LogP contribution in [0.25, 0.3) is 0 Å². The van der Waals surface area contributed by atoms with Gasteiger partial charge in [0.25, 0.3) is 0 Å². The van der Waals surface area contributed by atoms with Crippen molar-refractivity contribution >= 4 is 28.0 Å². The molecule has 3 aromatic carbocycles. The third-order valence-electron chi connectivity index (χ3n) is 5.80. The Labute approximate surface area is 241 Å². The Hall–Kier alpha value is -3.63. The summed E-state index contributed by atoms with van der Waals surface area (Å²) < 4.78 is 36.2. The highest BCUT2D eigenvalue weighted by Gasteiger charge is 2.18. The van der Waals surface area contributed by atoms with Gasteiger partial charge in [0, 0.05) is 24.0 Å². The molecule has 1 unspecified atom stereocenters. The molecule has 0 fully saturated rings. The lowest BCUT2D eigenvalue weighted by Crippen LogP contribution is -2.37. The van der Waals surface area contributed by atoms with E-state index in [2.05, 4.69) is 15.9 Å². The largest absolute Gasteiger partial charge is 0.494 e. The maximum absolute atomic E-state index is 13.1. The monoisotopic (exact) mass is 617 g/mol. The number of unbranched alkanes of at least 4 members (excludes halogenated alkanes) is 1. The normalized spacial score (nSPS) is 11.5. The number of carbonyl (C=O) groups excluding carboxylic acids is 1. The van der Waals surface area contributed by atoms with E-state index in [1.807, 2.05) is 0 Å². The van der Waals surface area contributed by atoms with E-state index >= 15 is 0 Å². The number of halogens is 2. The number of aliphatic carboxylic acids is 1. The summed E-state index contributed by atoms with van der Waals surface area (Å²) in [4.78, 5) is 25.8. The predicted molar refractivity (Wildman–Crippen MR) is 152 cm³/mol. The van der Waals surface area contributed by atoms with E-state index in [1.54, 1.807) is 72.5 Å². The van der Waals surface area contributed by atoms with Gasteiger partial charge in [0.15, 0.2) is 6.10 Å². The van der Waals surface area contributed by atoms with Crippen molar-refractivity contribution in [1.82, 2.24) is 4.90 Å². The maximum Gasteiger partial charge on any atom is 0.415 e. The molecule has 1 amide bonds. The summed E-state index contributed by atoms with van der Waals surface area (Å²) >= 11 is 3.37. The summed E-state index contributed by atoms with van der Waals surface area (Å²) in [5, 5.41) is 9.28.